The molecule has 0 unspecified atom stereocenters. The smallest absolute Gasteiger partial charge is 0.264 e. The molecular formula is C17H19FN2O3S2. The molecule has 0 fully saturated rings. The zero-order chi connectivity index (χ0) is 18.4. The summed E-state index contributed by atoms with van der Waals surface area (Å²) >= 11 is 1.49. The number of hydrogen-bond donors (Lipinski definition) is 1. The van der Waals surface area contributed by atoms with E-state index in [-0.39, 0.29) is 10.6 Å². The molecule has 0 bridgehead atoms. The Morgan fingerprint density at radius 1 is 1.20 bits per heavy atom. The van der Waals surface area contributed by atoms with Crippen LogP contribution in [0.25, 0.3) is 0 Å². The molecule has 134 valence electrons. The molecule has 0 atom stereocenters. The van der Waals surface area contributed by atoms with Crippen molar-refractivity contribution in [3.8, 4) is 0 Å². The first-order chi connectivity index (χ1) is 11.9. The second-order valence-corrected chi connectivity index (χ2v) is 7.86. The Morgan fingerprint density at radius 2 is 1.88 bits per heavy atom. The van der Waals surface area contributed by atoms with Gasteiger partial charge in [0.25, 0.3) is 10.0 Å². The van der Waals surface area contributed by atoms with E-state index in [0.29, 0.717) is 6.54 Å². The first-order valence-electron chi connectivity index (χ1n) is 7.57. The molecular weight excluding hydrogens is 363 g/mol. The van der Waals surface area contributed by atoms with Crippen LogP contribution in [-0.4, -0.2) is 33.7 Å². The van der Waals surface area contributed by atoms with Gasteiger partial charge in [0.2, 0.25) is 5.91 Å². The Morgan fingerprint density at radius 3 is 2.44 bits per heavy atom. The molecule has 0 aliphatic rings. The molecule has 1 N–H and O–H groups in total. The number of carbonyl (C=O) groups is 1. The van der Waals surface area contributed by atoms with Gasteiger partial charge in [-0.1, -0.05) is 6.07 Å². The number of thioether (sulfide) groups is 1. The number of hydrogen-bond acceptors (Lipinski definition) is 4. The number of sulfonamides is 1. The van der Waals surface area contributed by atoms with Crippen LogP contribution in [0, 0.1) is 5.82 Å². The number of halogens is 1. The van der Waals surface area contributed by atoms with Gasteiger partial charge < -0.3 is 5.32 Å². The lowest BCUT2D eigenvalue weighted by Crippen LogP contribution is -2.40. The molecule has 5 nitrogen and oxygen atoms in total. The van der Waals surface area contributed by atoms with Gasteiger partial charge in [-0.2, -0.15) is 0 Å². The topological polar surface area (TPSA) is 66.5 Å². The van der Waals surface area contributed by atoms with Crippen molar-refractivity contribution in [2.24, 2.45) is 0 Å². The molecule has 0 heterocycles. The number of nitrogens with zero attached hydrogens (tertiary/aromatic N) is 1. The van der Waals surface area contributed by atoms with E-state index in [1.165, 1.54) is 42.1 Å². The van der Waals surface area contributed by atoms with E-state index >= 15 is 0 Å². The van der Waals surface area contributed by atoms with Gasteiger partial charge in [-0.3, -0.25) is 9.10 Å². The van der Waals surface area contributed by atoms with Crippen LogP contribution in [0.4, 0.5) is 10.1 Å². The standard InChI is InChI=1S/C17H19FN2O3S2/c1-3-19-17(21)12-20(14-6-4-5-13(18)11-14)25(22,23)16-9-7-15(24-2)8-10-16/h4-11H,3,12H2,1-2H3,(H,19,21). The van der Waals surface area contributed by atoms with Crippen molar-refractivity contribution in [3.05, 3.63) is 54.3 Å². The van der Waals surface area contributed by atoms with Crippen LogP contribution in [0.2, 0.25) is 0 Å². The Kier molecular flexibility index (Phi) is 6.44. The SMILES string of the molecule is CCNC(=O)CN(c1cccc(F)c1)S(=O)(=O)c1ccc(SC)cc1. The zero-order valence-corrected chi connectivity index (χ0v) is 15.5. The third kappa shape index (κ3) is 4.73. The first-order valence-corrected chi connectivity index (χ1v) is 10.2. The van der Waals surface area contributed by atoms with Crippen LogP contribution in [0.1, 0.15) is 6.92 Å². The fraction of sp³-hybridized carbons (Fsp3) is 0.235. The molecule has 0 aromatic heterocycles. The number of benzene rings is 2. The summed E-state index contributed by atoms with van der Waals surface area (Å²) in [5.41, 5.74) is 0.0974. The lowest BCUT2D eigenvalue weighted by molar-refractivity contribution is -0.119. The number of carbonyl (C=O) groups excluding carboxylic acids is 1. The van der Waals surface area contributed by atoms with Gasteiger partial charge in [0.05, 0.1) is 10.6 Å². The maximum Gasteiger partial charge on any atom is 0.264 e. The summed E-state index contributed by atoms with van der Waals surface area (Å²) in [6.45, 7) is 1.68. The Hall–Kier alpha value is -2.06. The van der Waals surface area contributed by atoms with Gasteiger partial charge in [-0.25, -0.2) is 12.8 Å². The largest absolute Gasteiger partial charge is 0.355 e. The minimum atomic E-state index is -4.01. The summed E-state index contributed by atoms with van der Waals surface area (Å²) in [4.78, 5) is 12.9. The van der Waals surface area contributed by atoms with Crippen molar-refractivity contribution in [3.63, 3.8) is 0 Å². The van der Waals surface area contributed by atoms with Gasteiger partial charge in [-0.05, 0) is 55.6 Å². The lowest BCUT2D eigenvalue weighted by Gasteiger charge is -2.24. The summed E-state index contributed by atoms with van der Waals surface area (Å²) in [6, 6.07) is 11.5. The second-order valence-electron chi connectivity index (χ2n) is 5.12. The van der Waals surface area contributed by atoms with Crippen molar-refractivity contribution in [2.45, 2.75) is 16.7 Å². The summed E-state index contributed by atoms with van der Waals surface area (Å²) < 4.78 is 40.5. The van der Waals surface area contributed by atoms with E-state index in [2.05, 4.69) is 5.32 Å². The Labute approximate surface area is 151 Å². The predicted molar refractivity (Wildman–Crippen MR) is 97.8 cm³/mol. The highest BCUT2D eigenvalue weighted by Crippen LogP contribution is 2.25. The Bertz CT molecular complexity index is 839. The van der Waals surface area contributed by atoms with E-state index in [1.807, 2.05) is 6.26 Å². The summed E-state index contributed by atoms with van der Waals surface area (Å²) in [7, 11) is -4.01. The minimum absolute atomic E-state index is 0.0406. The summed E-state index contributed by atoms with van der Waals surface area (Å²) in [5, 5.41) is 2.56. The van der Waals surface area contributed by atoms with Crippen molar-refractivity contribution in [1.82, 2.24) is 5.32 Å². The Balaban J connectivity index is 2.46. The molecule has 0 saturated carbocycles. The maximum atomic E-state index is 13.6. The van der Waals surface area contributed by atoms with Crippen molar-refractivity contribution in [1.29, 1.82) is 0 Å². The van der Waals surface area contributed by atoms with Crippen LogP contribution in [0.15, 0.2) is 58.3 Å². The molecule has 2 rings (SSSR count). The molecule has 25 heavy (non-hydrogen) atoms. The molecule has 0 aliphatic carbocycles. The fourth-order valence-corrected chi connectivity index (χ4v) is 4.03. The lowest BCUT2D eigenvalue weighted by atomic mass is 10.3. The molecule has 2 aromatic rings. The average Bonchev–Trinajstić information content (AvgIpc) is 2.60. The third-order valence-corrected chi connectivity index (χ3v) is 5.94. The summed E-state index contributed by atoms with van der Waals surface area (Å²) in [6.07, 6.45) is 1.89. The number of anilines is 1. The fourth-order valence-electron chi connectivity index (χ4n) is 2.20. The second kappa shape index (κ2) is 8.35. The molecule has 0 aliphatic heterocycles. The van der Waals surface area contributed by atoms with Crippen LogP contribution in [-0.2, 0) is 14.8 Å². The quantitative estimate of drug-likeness (QED) is 0.748. The van der Waals surface area contributed by atoms with Gasteiger partial charge in [0.1, 0.15) is 12.4 Å². The number of likely N-dealkylation sites (N-methyl/N-ethyl adjacent to an activating group) is 1. The number of amides is 1. The molecule has 8 heteroatoms. The van der Waals surface area contributed by atoms with Crippen molar-refractivity contribution in [2.75, 3.05) is 23.7 Å². The van der Waals surface area contributed by atoms with Crippen LogP contribution >= 0.6 is 11.8 Å². The highest BCUT2D eigenvalue weighted by molar-refractivity contribution is 7.98. The number of rotatable bonds is 7. The van der Waals surface area contributed by atoms with E-state index in [9.17, 15) is 17.6 Å². The van der Waals surface area contributed by atoms with E-state index in [0.717, 1.165) is 15.3 Å². The third-order valence-electron chi connectivity index (χ3n) is 3.40. The molecule has 2 aromatic carbocycles. The highest BCUT2D eigenvalue weighted by atomic mass is 32.2. The summed E-state index contributed by atoms with van der Waals surface area (Å²) in [5.74, 6) is -1.04. The van der Waals surface area contributed by atoms with Gasteiger partial charge in [0, 0.05) is 11.4 Å². The average molecular weight is 382 g/mol. The van der Waals surface area contributed by atoms with Crippen molar-refractivity contribution >= 4 is 33.4 Å². The van der Waals surface area contributed by atoms with Gasteiger partial charge in [0.15, 0.2) is 0 Å². The molecule has 0 spiro atoms. The maximum absolute atomic E-state index is 13.6. The van der Waals surface area contributed by atoms with Crippen molar-refractivity contribution < 1.29 is 17.6 Å². The predicted octanol–water partition coefficient (Wildman–Crippen LogP) is 2.88. The van der Waals surface area contributed by atoms with Gasteiger partial charge in [-0.15, -0.1) is 11.8 Å². The van der Waals surface area contributed by atoms with Crippen LogP contribution < -0.4 is 9.62 Å². The van der Waals surface area contributed by atoms with Gasteiger partial charge >= 0.3 is 0 Å². The zero-order valence-electron chi connectivity index (χ0n) is 13.9. The van der Waals surface area contributed by atoms with E-state index in [4.69, 9.17) is 0 Å². The van der Waals surface area contributed by atoms with Crippen LogP contribution in [0.5, 0.6) is 0 Å². The van der Waals surface area contributed by atoms with E-state index in [1.54, 1.807) is 19.1 Å². The highest BCUT2D eigenvalue weighted by Gasteiger charge is 2.27. The molecule has 1 amide bonds. The minimum Gasteiger partial charge on any atom is -0.355 e. The van der Waals surface area contributed by atoms with Crippen LogP contribution in [0.3, 0.4) is 0 Å². The normalized spacial score (nSPS) is 11.2. The number of nitrogens with one attached hydrogen (secondary N) is 1. The molecule has 0 radical (unpaired) electrons. The first kappa shape index (κ1) is 19.3. The molecule has 0 saturated heterocycles. The monoisotopic (exact) mass is 382 g/mol. The van der Waals surface area contributed by atoms with E-state index < -0.39 is 28.3 Å².